The molecule has 1 aromatic heterocycles. The molecule has 174 valence electrons. The lowest BCUT2D eigenvalue weighted by Crippen LogP contribution is -2.48. The smallest absolute Gasteiger partial charge is 0.194 e. The van der Waals surface area contributed by atoms with Crippen molar-refractivity contribution in [2.75, 3.05) is 32.8 Å². The van der Waals surface area contributed by atoms with Gasteiger partial charge in [-0.3, -0.25) is 9.58 Å². The minimum atomic E-state index is 0.0257. The second-order valence-corrected chi connectivity index (χ2v) is 9.05. The van der Waals surface area contributed by atoms with Crippen molar-refractivity contribution in [3.8, 4) is 0 Å². The molecule has 32 heavy (non-hydrogen) atoms. The van der Waals surface area contributed by atoms with Crippen LogP contribution in [0.4, 0.5) is 0 Å². The van der Waals surface area contributed by atoms with Crippen molar-refractivity contribution in [2.24, 2.45) is 12.0 Å². The molecule has 0 saturated carbocycles. The van der Waals surface area contributed by atoms with E-state index in [9.17, 15) is 0 Å². The maximum atomic E-state index is 6.00. The van der Waals surface area contributed by atoms with E-state index in [0.29, 0.717) is 19.2 Å². The summed E-state index contributed by atoms with van der Waals surface area (Å²) in [7, 11) is 1.94. The van der Waals surface area contributed by atoms with Gasteiger partial charge in [0, 0.05) is 44.5 Å². The summed E-state index contributed by atoms with van der Waals surface area (Å²) in [6.07, 6.45) is 7.97. The molecule has 0 amide bonds. The Hall–Kier alpha value is -2.38. The molecule has 2 aliphatic heterocycles. The average molecular weight is 439 g/mol. The van der Waals surface area contributed by atoms with Crippen molar-refractivity contribution in [2.45, 2.75) is 58.3 Å². The molecule has 4 rings (SSSR count). The van der Waals surface area contributed by atoms with Crippen molar-refractivity contribution >= 4 is 5.96 Å². The highest BCUT2D eigenvalue weighted by Gasteiger charge is 2.25. The van der Waals surface area contributed by atoms with Crippen LogP contribution in [-0.2, 0) is 24.9 Å². The van der Waals surface area contributed by atoms with Gasteiger partial charge in [-0.05, 0) is 44.4 Å². The SMILES string of the molecule is CCNC(=NCc1ccc(CN2CCCCC2C)cc1)N1CCOC(c2cnn(C)c2)C1. The predicted molar refractivity (Wildman–Crippen MR) is 128 cm³/mol. The second kappa shape index (κ2) is 11.0. The number of rotatable bonds is 6. The summed E-state index contributed by atoms with van der Waals surface area (Å²) in [5, 5.41) is 7.75. The molecule has 0 spiro atoms. The van der Waals surface area contributed by atoms with E-state index in [-0.39, 0.29) is 6.10 Å². The fraction of sp³-hybridized carbons (Fsp3) is 0.600. The van der Waals surface area contributed by atoms with Crippen molar-refractivity contribution in [3.63, 3.8) is 0 Å². The minimum Gasteiger partial charge on any atom is -0.370 e. The van der Waals surface area contributed by atoms with E-state index in [1.165, 1.54) is 36.9 Å². The van der Waals surface area contributed by atoms with Crippen molar-refractivity contribution in [1.82, 2.24) is 24.9 Å². The molecule has 7 nitrogen and oxygen atoms in total. The van der Waals surface area contributed by atoms with Crippen molar-refractivity contribution in [1.29, 1.82) is 0 Å². The molecule has 1 aromatic carbocycles. The first kappa shape index (κ1) is 22.8. The summed E-state index contributed by atoms with van der Waals surface area (Å²) in [5.74, 6) is 0.955. The molecule has 1 N–H and O–H groups in total. The zero-order chi connectivity index (χ0) is 22.3. The van der Waals surface area contributed by atoms with E-state index < -0.39 is 0 Å². The van der Waals surface area contributed by atoms with Gasteiger partial charge in [0.25, 0.3) is 0 Å². The quantitative estimate of drug-likeness (QED) is 0.554. The Morgan fingerprint density at radius 3 is 2.72 bits per heavy atom. The predicted octanol–water partition coefficient (Wildman–Crippen LogP) is 3.33. The first-order valence-electron chi connectivity index (χ1n) is 12.1. The normalized spacial score (nSPS) is 22.8. The number of aryl methyl sites for hydroxylation is 1. The number of piperidine rings is 1. The van der Waals surface area contributed by atoms with Gasteiger partial charge in [-0.2, -0.15) is 5.10 Å². The third kappa shape index (κ3) is 5.90. The van der Waals surface area contributed by atoms with Gasteiger partial charge < -0.3 is 15.0 Å². The van der Waals surface area contributed by atoms with Crippen LogP contribution in [-0.4, -0.2) is 64.4 Å². The van der Waals surface area contributed by atoms with Crippen LogP contribution < -0.4 is 5.32 Å². The lowest BCUT2D eigenvalue weighted by molar-refractivity contribution is -0.00805. The number of aromatic nitrogens is 2. The average Bonchev–Trinajstić information content (AvgIpc) is 3.25. The highest BCUT2D eigenvalue weighted by atomic mass is 16.5. The maximum absolute atomic E-state index is 6.00. The van der Waals surface area contributed by atoms with E-state index in [4.69, 9.17) is 9.73 Å². The zero-order valence-corrected chi connectivity index (χ0v) is 19.8. The summed E-state index contributed by atoms with van der Waals surface area (Å²) in [5.41, 5.74) is 3.76. The minimum absolute atomic E-state index is 0.0257. The molecular weight excluding hydrogens is 400 g/mol. The van der Waals surface area contributed by atoms with Crippen LogP contribution in [0.15, 0.2) is 41.7 Å². The Bertz CT molecular complexity index is 877. The molecule has 2 fully saturated rings. The summed E-state index contributed by atoms with van der Waals surface area (Å²) in [6, 6.07) is 9.70. The molecule has 0 aliphatic carbocycles. The van der Waals surface area contributed by atoms with Gasteiger partial charge in [-0.25, -0.2) is 4.99 Å². The first-order valence-corrected chi connectivity index (χ1v) is 12.1. The van der Waals surface area contributed by atoms with Gasteiger partial charge >= 0.3 is 0 Å². The number of ether oxygens (including phenoxy) is 1. The number of nitrogens with zero attached hydrogens (tertiary/aromatic N) is 5. The number of nitrogens with one attached hydrogen (secondary N) is 1. The molecule has 3 heterocycles. The van der Waals surface area contributed by atoms with Crippen molar-refractivity contribution in [3.05, 3.63) is 53.3 Å². The summed E-state index contributed by atoms with van der Waals surface area (Å²) in [4.78, 5) is 9.85. The van der Waals surface area contributed by atoms with Crippen LogP contribution in [0.1, 0.15) is 55.9 Å². The van der Waals surface area contributed by atoms with E-state index in [0.717, 1.165) is 37.7 Å². The number of morpholine rings is 1. The molecule has 2 saturated heterocycles. The van der Waals surface area contributed by atoms with Gasteiger partial charge in [-0.15, -0.1) is 0 Å². The number of aliphatic imine (C=N–C) groups is 1. The summed E-state index contributed by atoms with van der Waals surface area (Å²) >= 11 is 0. The number of benzene rings is 1. The van der Waals surface area contributed by atoms with E-state index in [1.54, 1.807) is 0 Å². The fourth-order valence-corrected chi connectivity index (χ4v) is 4.62. The van der Waals surface area contributed by atoms with Crippen LogP contribution in [0.3, 0.4) is 0 Å². The lowest BCUT2D eigenvalue weighted by Gasteiger charge is -2.34. The largest absolute Gasteiger partial charge is 0.370 e. The third-order valence-corrected chi connectivity index (χ3v) is 6.56. The topological polar surface area (TPSA) is 57.9 Å². The molecule has 0 bridgehead atoms. The highest BCUT2D eigenvalue weighted by molar-refractivity contribution is 5.80. The molecule has 2 aliphatic rings. The Morgan fingerprint density at radius 1 is 1.19 bits per heavy atom. The number of hydrogen-bond acceptors (Lipinski definition) is 4. The number of likely N-dealkylation sites (tertiary alicyclic amines) is 1. The number of guanidine groups is 1. The van der Waals surface area contributed by atoms with Crippen LogP contribution in [0.5, 0.6) is 0 Å². The zero-order valence-electron chi connectivity index (χ0n) is 19.8. The Morgan fingerprint density at radius 2 is 2.00 bits per heavy atom. The molecule has 2 aromatic rings. The third-order valence-electron chi connectivity index (χ3n) is 6.56. The van der Waals surface area contributed by atoms with Crippen LogP contribution in [0.2, 0.25) is 0 Å². The highest BCUT2D eigenvalue weighted by Crippen LogP contribution is 2.22. The fourth-order valence-electron chi connectivity index (χ4n) is 4.62. The van der Waals surface area contributed by atoms with Gasteiger partial charge in [0.15, 0.2) is 5.96 Å². The maximum Gasteiger partial charge on any atom is 0.194 e. The standard InChI is InChI=1S/C25H38N6O/c1-4-26-25(31-13-14-32-24(19-31)23-16-28-29(3)18-23)27-15-21-8-10-22(11-9-21)17-30-12-6-5-7-20(30)2/h8-11,16,18,20,24H,4-7,12-15,17,19H2,1-3H3,(H,26,27). The molecule has 2 atom stereocenters. The Labute approximate surface area is 192 Å². The first-order chi connectivity index (χ1) is 15.6. The lowest BCUT2D eigenvalue weighted by atomic mass is 10.0. The molecular formula is C25H38N6O. The van der Waals surface area contributed by atoms with Crippen molar-refractivity contribution < 1.29 is 4.74 Å². The van der Waals surface area contributed by atoms with Gasteiger partial charge in [0.2, 0.25) is 0 Å². The van der Waals surface area contributed by atoms with E-state index >= 15 is 0 Å². The van der Waals surface area contributed by atoms with E-state index in [2.05, 4.69) is 58.3 Å². The van der Waals surface area contributed by atoms with Gasteiger partial charge in [-0.1, -0.05) is 30.7 Å². The summed E-state index contributed by atoms with van der Waals surface area (Å²) in [6.45, 7) is 10.6. The van der Waals surface area contributed by atoms with Gasteiger partial charge in [0.1, 0.15) is 6.10 Å². The molecule has 0 radical (unpaired) electrons. The molecule has 7 heteroatoms. The van der Waals surface area contributed by atoms with Crippen LogP contribution >= 0.6 is 0 Å². The van der Waals surface area contributed by atoms with E-state index in [1.807, 2.05) is 24.1 Å². The number of hydrogen-bond donors (Lipinski definition) is 1. The Kier molecular flexibility index (Phi) is 7.81. The monoisotopic (exact) mass is 438 g/mol. The van der Waals surface area contributed by atoms with Gasteiger partial charge in [0.05, 0.1) is 25.9 Å². The molecule has 2 unspecified atom stereocenters. The van der Waals surface area contributed by atoms with Crippen LogP contribution in [0, 0.1) is 0 Å². The van der Waals surface area contributed by atoms with Crippen LogP contribution in [0.25, 0.3) is 0 Å². The Balaban J connectivity index is 1.37. The second-order valence-electron chi connectivity index (χ2n) is 9.05. The summed E-state index contributed by atoms with van der Waals surface area (Å²) < 4.78 is 7.83.